The van der Waals surface area contributed by atoms with Crippen molar-refractivity contribution in [3.63, 3.8) is 0 Å². The maximum absolute atomic E-state index is 13.2. The Kier molecular flexibility index (Phi) is 5.55. The second-order valence-electron chi connectivity index (χ2n) is 7.29. The van der Waals surface area contributed by atoms with Crippen LogP contribution in [0.15, 0.2) is 53.3 Å². The van der Waals surface area contributed by atoms with Crippen LogP contribution in [0.4, 0.5) is 0 Å². The summed E-state index contributed by atoms with van der Waals surface area (Å²) in [5.41, 5.74) is 1.32. The first-order valence-electron chi connectivity index (χ1n) is 9.93. The molecule has 2 heterocycles. The molecule has 1 amide bonds. The van der Waals surface area contributed by atoms with Gasteiger partial charge in [0, 0.05) is 6.54 Å². The number of nitrogens with zero attached hydrogens (tertiary/aromatic N) is 4. The van der Waals surface area contributed by atoms with E-state index >= 15 is 0 Å². The molecule has 7 nitrogen and oxygen atoms in total. The topological polar surface area (TPSA) is 77.3 Å². The van der Waals surface area contributed by atoms with E-state index in [9.17, 15) is 9.59 Å². The van der Waals surface area contributed by atoms with Crippen molar-refractivity contribution in [1.29, 1.82) is 0 Å². The average Bonchev–Trinajstić information content (AvgIpc) is 3.02. The Hall–Kier alpha value is -3.22. The van der Waals surface area contributed by atoms with E-state index in [2.05, 4.69) is 10.3 Å². The number of methoxy groups -OCH3 is 1. The number of hydrogen-bond donors (Lipinski definition) is 0. The predicted octanol–water partition coefficient (Wildman–Crippen LogP) is 2.94. The van der Waals surface area contributed by atoms with Gasteiger partial charge in [-0.2, -0.15) is 0 Å². The monoisotopic (exact) mass is 392 g/mol. The maximum Gasteiger partial charge on any atom is 0.278 e. The lowest BCUT2D eigenvalue weighted by Gasteiger charge is -2.30. The standard InChI is InChI=1S/C22H24N4O3/c1-29-17-12-10-16(11-13-17)20-9-3-2-6-14-25(20)21(27)15-26-22(28)18-7-4-5-8-19(18)23-24-26/h4-5,7-8,10-13,20H,2-3,6,9,14-15H2,1H3. The molecule has 0 saturated carbocycles. The molecule has 0 radical (unpaired) electrons. The largest absolute Gasteiger partial charge is 0.497 e. The van der Waals surface area contributed by atoms with E-state index in [1.807, 2.05) is 35.2 Å². The minimum absolute atomic E-state index is 0.0139. The van der Waals surface area contributed by atoms with Crippen LogP contribution in [0.2, 0.25) is 0 Å². The van der Waals surface area contributed by atoms with Crippen molar-refractivity contribution in [2.24, 2.45) is 0 Å². The highest BCUT2D eigenvalue weighted by molar-refractivity contribution is 5.78. The fraction of sp³-hybridized carbons (Fsp3) is 0.364. The molecule has 1 aromatic heterocycles. The van der Waals surface area contributed by atoms with Gasteiger partial charge in [0.2, 0.25) is 5.91 Å². The van der Waals surface area contributed by atoms with Crippen molar-refractivity contribution >= 4 is 16.8 Å². The molecule has 0 aliphatic carbocycles. The highest BCUT2D eigenvalue weighted by atomic mass is 16.5. The van der Waals surface area contributed by atoms with Crippen LogP contribution < -0.4 is 10.3 Å². The van der Waals surface area contributed by atoms with Gasteiger partial charge in [0.15, 0.2) is 0 Å². The van der Waals surface area contributed by atoms with Gasteiger partial charge in [0.25, 0.3) is 5.56 Å². The Morgan fingerprint density at radius 2 is 1.90 bits per heavy atom. The Labute approximate surface area is 168 Å². The molecule has 1 aliphatic heterocycles. The molecule has 4 rings (SSSR count). The van der Waals surface area contributed by atoms with Crippen LogP contribution >= 0.6 is 0 Å². The quantitative estimate of drug-likeness (QED) is 0.682. The number of amides is 1. The molecular weight excluding hydrogens is 368 g/mol. The number of carbonyl (C=O) groups excluding carboxylic acids is 1. The zero-order valence-corrected chi connectivity index (χ0v) is 16.5. The summed E-state index contributed by atoms with van der Waals surface area (Å²) in [7, 11) is 1.64. The Morgan fingerprint density at radius 3 is 2.69 bits per heavy atom. The minimum Gasteiger partial charge on any atom is -0.497 e. The van der Waals surface area contributed by atoms with Gasteiger partial charge in [0.1, 0.15) is 17.8 Å². The molecule has 0 spiro atoms. The van der Waals surface area contributed by atoms with E-state index in [-0.39, 0.29) is 24.1 Å². The minimum atomic E-state index is -0.292. The zero-order chi connectivity index (χ0) is 20.2. The molecule has 1 unspecified atom stereocenters. The van der Waals surface area contributed by atoms with Gasteiger partial charge < -0.3 is 9.64 Å². The number of rotatable bonds is 4. The molecule has 2 aromatic carbocycles. The lowest BCUT2D eigenvalue weighted by atomic mass is 10.0. The lowest BCUT2D eigenvalue weighted by Crippen LogP contribution is -2.40. The van der Waals surface area contributed by atoms with Crippen molar-refractivity contribution in [2.45, 2.75) is 38.3 Å². The van der Waals surface area contributed by atoms with Gasteiger partial charge in [0.05, 0.1) is 18.5 Å². The van der Waals surface area contributed by atoms with Crippen LogP contribution in [0, 0.1) is 0 Å². The molecule has 1 atom stereocenters. The van der Waals surface area contributed by atoms with Gasteiger partial charge in [-0.1, -0.05) is 42.3 Å². The lowest BCUT2D eigenvalue weighted by molar-refractivity contribution is -0.134. The first-order valence-corrected chi connectivity index (χ1v) is 9.93. The first-order chi connectivity index (χ1) is 14.2. The van der Waals surface area contributed by atoms with Crippen molar-refractivity contribution < 1.29 is 9.53 Å². The van der Waals surface area contributed by atoms with Crippen LogP contribution in [0.3, 0.4) is 0 Å². The van der Waals surface area contributed by atoms with E-state index in [4.69, 9.17) is 4.74 Å². The van der Waals surface area contributed by atoms with Crippen molar-refractivity contribution in [3.05, 3.63) is 64.4 Å². The van der Waals surface area contributed by atoms with Gasteiger partial charge in [-0.25, -0.2) is 4.68 Å². The SMILES string of the molecule is COc1ccc(C2CCCCCN2C(=O)Cn2nnc3ccccc3c2=O)cc1. The Balaban J connectivity index is 1.61. The van der Waals surface area contributed by atoms with Gasteiger partial charge in [-0.15, -0.1) is 5.10 Å². The van der Waals surface area contributed by atoms with Crippen LogP contribution in [0.25, 0.3) is 10.9 Å². The smallest absolute Gasteiger partial charge is 0.278 e. The normalized spacial score (nSPS) is 17.1. The number of aromatic nitrogens is 3. The molecule has 1 aliphatic rings. The van der Waals surface area contributed by atoms with Gasteiger partial charge in [-0.05, 0) is 42.7 Å². The maximum atomic E-state index is 13.2. The van der Waals surface area contributed by atoms with Crippen LogP contribution in [0.5, 0.6) is 5.75 Å². The summed E-state index contributed by atoms with van der Waals surface area (Å²) in [5, 5.41) is 8.53. The van der Waals surface area contributed by atoms with Crippen molar-refractivity contribution in [2.75, 3.05) is 13.7 Å². The summed E-state index contributed by atoms with van der Waals surface area (Å²) < 4.78 is 6.42. The summed E-state index contributed by atoms with van der Waals surface area (Å²) in [6.07, 6.45) is 4.01. The van der Waals surface area contributed by atoms with Gasteiger partial charge >= 0.3 is 0 Å². The molecule has 7 heteroatoms. The van der Waals surface area contributed by atoms with Crippen LogP contribution in [-0.4, -0.2) is 39.5 Å². The molecule has 3 aromatic rings. The fourth-order valence-electron chi connectivity index (χ4n) is 3.93. The van der Waals surface area contributed by atoms with E-state index in [1.54, 1.807) is 25.3 Å². The number of fused-ring (bicyclic) bond motifs is 1. The molecule has 29 heavy (non-hydrogen) atoms. The highest BCUT2D eigenvalue weighted by Crippen LogP contribution is 2.31. The van der Waals surface area contributed by atoms with E-state index < -0.39 is 0 Å². The Morgan fingerprint density at radius 1 is 1.10 bits per heavy atom. The third-order valence-electron chi connectivity index (χ3n) is 5.49. The summed E-state index contributed by atoms with van der Waals surface area (Å²) in [5.74, 6) is 0.678. The Bertz CT molecular complexity index is 1060. The number of likely N-dealkylation sites (tertiary alicyclic amines) is 1. The summed E-state index contributed by atoms with van der Waals surface area (Å²) >= 11 is 0. The average molecular weight is 392 g/mol. The molecule has 150 valence electrons. The molecule has 1 fully saturated rings. The first kappa shape index (κ1) is 19.1. The van der Waals surface area contributed by atoms with Crippen molar-refractivity contribution in [1.82, 2.24) is 19.9 Å². The van der Waals surface area contributed by atoms with E-state index in [1.165, 1.54) is 4.68 Å². The third kappa shape index (κ3) is 3.99. The summed E-state index contributed by atoms with van der Waals surface area (Å²) in [6.45, 7) is 0.564. The zero-order valence-electron chi connectivity index (χ0n) is 16.5. The second kappa shape index (κ2) is 8.43. The molecular formula is C22H24N4O3. The number of ether oxygens (including phenoxy) is 1. The number of benzene rings is 2. The van der Waals surface area contributed by atoms with Crippen molar-refractivity contribution in [3.8, 4) is 5.75 Å². The molecule has 0 bridgehead atoms. The third-order valence-corrected chi connectivity index (χ3v) is 5.49. The van der Waals surface area contributed by atoms with E-state index in [0.29, 0.717) is 17.4 Å². The second-order valence-corrected chi connectivity index (χ2v) is 7.29. The number of carbonyl (C=O) groups is 1. The number of hydrogen-bond acceptors (Lipinski definition) is 5. The molecule has 0 N–H and O–H groups in total. The highest BCUT2D eigenvalue weighted by Gasteiger charge is 2.27. The predicted molar refractivity (Wildman–Crippen MR) is 110 cm³/mol. The van der Waals surface area contributed by atoms with E-state index in [0.717, 1.165) is 37.0 Å². The molecule has 1 saturated heterocycles. The fourth-order valence-corrected chi connectivity index (χ4v) is 3.93. The van der Waals surface area contributed by atoms with Crippen LogP contribution in [0.1, 0.15) is 37.3 Å². The summed E-state index contributed by atoms with van der Waals surface area (Å²) in [4.78, 5) is 27.8. The summed E-state index contributed by atoms with van der Waals surface area (Å²) in [6, 6.07) is 14.9. The van der Waals surface area contributed by atoms with Gasteiger partial charge in [-0.3, -0.25) is 9.59 Å². The van der Waals surface area contributed by atoms with Crippen LogP contribution in [-0.2, 0) is 11.3 Å².